The Kier molecular flexibility index (Phi) is 3.30. The number of hydrogen-bond acceptors (Lipinski definition) is 3. The average Bonchev–Trinajstić information content (AvgIpc) is 2.26. The first kappa shape index (κ1) is 12.3. The molecule has 3 aromatic rings. The van der Waals surface area contributed by atoms with Gasteiger partial charge in [0.25, 0.3) is 9.40 Å². The number of fused-ring (bicyclic) bond motifs is 2. The van der Waals surface area contributed by atoms with Crippen LogP contribution in [-0.2, 0) is 0 Å². The van der Waals surface area contributed by atoms with Crippen LogP contribution in [-0.4, -0.2) is 4.98 Å². The average molecular weight is 355 g/mol. The van der Waals surface area contributed by atoms with Gasteiger partial charge < -0.3 is 35.4 Å². The summed E-state index contributed by atoms with van der Waals surface area (Å²) in [5, 5.41) is 0. The highest BCUT2D eigenvalue weighted by Gasteiger charge is 2.12. The standard InChI is InChI=1S/C12H10N3S.HI/c13-7-1-3-9-11(5-7)16-12-6-8(14)2-4-10(12)15-9;/h1-6H,13-14H2;1H/q+1;/p-1. The van der Waals surface area contributed by atoms with Crippen LogP contribution in [0, 0.1) is 0 Å². The zero-order chi connectivity index (χ0) is 11.1. The monoisotopic (exact) mass is 355 g/mol. The maximum Gasteiger partial charge on any atom is 0.259 e. The second-order valence-corrected chi connectivity index (χ2v) is 4.75. The van der Waals surface area contributed by atoms with Gasteiger partial charge in [-0.15, -0.1) is 0 Å². The third-order valence-corrected chi connectivity index (χ3v) is 3.52. The molecule has 0 unspecified atom stereocenters. The molecule has 0 radical (unpaired) electrons. The SMILES string of the molecule is Nc1ccc2nc3ccc(N)cc3[s+]c2c1.[I-]. The molecule has 17 heavy (non-hydrogen) atoms. The maximum absolute atomic E-state index is 5.75. The Morgan fingerprint density at radius 3 is 1.76 bits per heavy atom. The van der Waals surface area contributed by atoms with Crippen LogP contribution >= 0.6 is 11.3 Å². The molecule has 0 amide bonds. The van der Waals surface area contributed by atoms with Crippen molar-refractivity contribution in [2.24, 2.45) is 0 Å². The lowest BCUT2D eigenvalue weighted by atomic mass is 10.3. The normalized spacial score (nSPS) is 10.4. The fourth-order valence-corrected chi connectivity index (χ4v) is 2.72. The highest BCUT2D eigenvalue weighted by Crippen LogP contribution is 2.28. The van der Waals surface area contributed by atoms with Gasteiger partial charge >= 0.3 is 0 Å². The zero-order valence-corrected chi connectivity index (χ0v) is 11.8. The van der Waals surface area contributed by atoms with Crippen LogP contribution in [0.4, 0.5) is 11.4 Å². The van der Waals surface area contributed by atoms with Crippen LogP contribution in [0.1, 0.15) is 0 Å². The summed E-state index contributed by atoms with van der Waals surface area (Å²) in [6, 6.07) is 11.5. The van der Waals surface area contributed by atoms with Crippen molar-refractivity contribution in [3.8, 4) is 0 Å². The number of aromatic nitrogens is 1. The van der Waals surface area contributed by atoms with Gasteiger partial charge in [0.15, 0.2) is 0 Å². The summed E-state index contributed by atoms with van der Waals surface area (Å²) in [4.78, 5) is 4.56. The van der Waals surface area contributed by atoms with Crippen molar-refractivity contribution in [3.63, 3.8) is 0 Å². The highest BCUT2D eigenvalue weighted by atomic mass is 127. The minimum absolute atomic E-state index is 0. The first-order valence-electron chi connectivity index (χ1n) is 4.91. The number of rotatable bonds is 0. The molecular weight excluding hydrogens is 345 g/mol. The van der Waals surface area contributed by atoms with E-state index < -0.39 is 0 Å². The van der Waals surface area contributed by atoms with Gasteiger partial charge in [0.2, 0.25) is 11.3 Å². The second-order valence-electron chi connectivity index (χ2n) is 3.67. The number of benzene rings is 2. The Morgan fingerprint density at radius 1 is 0.824 bits per heavy atom. The first-order valence-corrected chi connectivity index (χ1v) is 5.73. The van der Waals surface area contributed by atoms with Gasteiger partial charge in [0, 0.05) is 23.5 Å². The molecule has 5 heteroatoms. The summed E-state index contributed by atoms with van der Waals surface area (Å²) < 4.78 is 2.16. The number of nitrogens with zero attached hydrogens (tertiary/aromatic N) is 1. The molecule has 0 atom stereocenters. The maximum atomic E-state index is 5.75. The van der Waals surface area contributed by atoms with E-state index in [4.69, 9.17) is 11.5 Å². The molecule has 4 N–H and O–H groups in total. The Hall–Kier alpha value is -1.21. The minimum Gasteiger partial charge on any atom is -1.00 e. The molecule has 1 aromatic heterocycles. The fourth-order valence-electron chi connectivity index (χ4n) is 1.66. The van der Waals surface area contributed by atoms with Crippen molar-refractivity contribution in [1.29, 1.82) is 0 Å². The molecule has 0 bridgehead atoms. The molecule has 0 fully saturated rings. The highest BCUT2D eigenvalue weighted by molar-refractivity contribution is 7.24. The van der Waals surface area contributed by atoms with Gasteiger partial charge in [-0.2, -0.15) is 0 Å². The largest absolute Gasteiger partial charge is 1.00 e. The molecule has 0 aliphatic rings. The summed E-state index contributed by atoms with van der Waals surface area (Å²) in [6.45, 7) is 0. The Labute approximate surface area is 119 Å². The van der Waals surface area contributed by atoms with Crippen LogP contribution < -0.4 is 35.4 Å². The van der Waals surface area contributed by atoms with E-state index in [0.717, 1.165) is 31.8 Å². The van der Waals surface area contributed by atoms with Crippen molar-refractivity contribution in [1.82, 2.24) is 4.98 Å². The Balaban J connectivity index is 0.00000108. The predicted molar refractivity (Wildman–Crippen MR) is 70.4 cm³/mol. The molecule has 0 spiro atoms. The lowest BCUT2D eigenvalue weighted by Crippen LogP contribution is -3.00. The van der Waals surface area contributed by atoms with Crippen LogP contribution in [0.5, 0.6) is 0 Å². The summed E-state index contributed by atoms with van der Waals surface area (Å²) >= 11 is 1.66. The van der Waals surface area contributed by atoms with Crippen molar-refractivity contribution < 1.29 is 24.0 Å². The van der Waals surface area contributed by atoms with Crippen LogP contribution in [0.15, 0.2) is 36.4 Å². The van der Waals surface area contributed by atoms with E-state index in [9.17, 15) is 0 Å². The van der Waals surface area contributed by atoms with Crippen molar-refractivity contribution in [2.75, 3.05) is 11.5 Å². The third kappa shape index (κ3) is 2.25. The fraction of sp³-hybridized carbons (Fsp3) is 0. The molecule has 3 rings (SSSR count). The molecule has 0 aliphatic heterocycles. The van der Waals surface area contributed by atoms with Gasteiger partial charge in [-0.05, 0) is 24.3 Å². The van der Waals surface area contributed by atoms with Gasteiger partial charge in [0.1, 0.15) is 11.0 Å². The van der Waals surface area contributed by atoms with E-state index in [1.807, 2.05) is 36.4 Å². The first-order chi connectivity index (χ1) is 7.72. The summed E-state index contributed by atoms with van der Waals surface area (Å²) in [5.41, 5.74) is 15.0. The molecule has 0 aliphatic carbocycles. The molecule has 0 saturated heterocycles. The third-order valence-electron chi connectivity index (χ3n) is 2.43. The van der Waals surface area contributed by atoms with Crippen molar-refractivity contribution in [3.05, 3.63) is 36.4 Å². The Morgan fingerprint density at radius 2 is 1.29 bits per heavy atom. The quantitative estimate of drug-likeness (QED) is 0.256. The summed E-state index contributed by atoms with van der Waals surface area (Å²) in [6.07, 6.45) is 0. The summed E-state index contributed by atoms with van der Waals surface area (Å²) in [5.74, 6) is 0. The van der Waals surface area contributed by atoms with Gasteiger partial charge in [-0.25, -0.2) is 4.98 Å². The van der Waals surface area contributed by atoms with E-state index >= 15 is 0 Å². The molecule has 3 nitrogen and oxygen atoms in total. The van der Waals surface area contributed by atoms with Crippen LogP contribution in [0.3, 0.4) is 0 Å². The number of hydrogen-bond donors (Lipinski definition) is 2. The molecule has 1 heterocycles. The van der Waals surface area contributed by atoms with Crippen molar-refractivity contribution >= 4 is 43.1 Å². The van der Waals surface area contributed by atoms with Crippen LogP contribution in [0.2, 0.25) is 0 Å². The smallest absolute Gasteiger partial charge is 0.259 e. The van der Waals surface area contributed by atoms with Gasteiger partial charge in [-0.3, -0.25) is 0 Å². The summed E-state index contributed by atoms with van der Waals surface area (Å²) in [7, 11) is 0. The van der Waals surface area contributed by atoms with Crippen LogP contribution in [0.25, 0.3) is 20.4 Å². The molecule has 2 aromatic carbocycles. The van der Waals surface area contributed by atoms with Gasteiger partial charge in [-0.1, -0.05) is 0 Å². The van der Waals surface area contributed by atoms with Gasteiger partial charge in [0.05, 0.1) is 0 Å². The lowest BCUT2D eigenvalue weighted by Gasteiger charge is -1.94. The molecule has 0 saturated carbocycles. The number of nitrogen functional groups attached to an aromatic ring is 2. The Bertz CT molecular complexity index is 643. The van der Waals surface area contributed by atoms with E-state index in [1.54, 1.807) is 11.3 Å². The number of halogens is 1. The van der Waals surface area contributed by atoms with E-state index in [-0.39, 0.29) is 24.0 Å². The minimum atomic E-state index is 0. The lowest BCUT2D eigenvalue weighted by molar-refractivity contribution is -0.00000315. The van der Waals surface area contributed by atoms with E-state index in [2.05, 4.69) is 4.98 Å². The zero-order valence-electron chi connectivity index (χ0n) is 8.85. The number of anilines is 2. The molecule has 86 valence electrons. The molecular formula is C12H10IN3S. The number of nitrogens with two attached hydrogens (primary N) is 2. The van der Waals surface area contributed by atoms with Crippen molar-refractivity contribution in [2.45, 2.75) is 0 Å². The second kappa shape index (κ2) is 4.58. The predicted octanol–water partition coefficient (Wildman–Crippen LogP) is -0.101. The topological polar surface area (TPSA) is 64.9 Å². The van der Waals surface area contributed by atoms with E-state index in [1.165, 1.54) is 0 Å². The van der Waals surface area contributed by atoms with E-state index in [0.29, 0.717) is 0 Å².